The van der Waals surface area contributed by atoms with E-state index < -0.39 is 5.60 Å². The Hall–Kier alpha value is -0.640. The van der Waals surface area contributed by atoms with Crippen molar-refractivity contribution in [2.75, 3.05) is 13.1 Å². The summed E-state index contributed by atoms with van der Waals surface area (Å²) in [4.78, 5) is 0. The third-order valence-corrected chi connectivity index (χ3v) is 3.04. The van der Waals surface area contributed by atoms with Crippen molar-refractivity contribution in [3.8, 4) is 0 Å². The first-order valence-electron chi connectivity index (χ1n) is 5.81. The molecule has 0 aliphatic heterocycles. The molecule has 0 saturated carbocycles. The van der Waals surface area contributed by atoms with Crippen LogP contribution in [0.3, 0.4) is 0 Å². The van der Waals surface area contributed by atoms with Gasteiger partial charge in [-0.2, -0.15) is 0 Å². The topological polar surface area (TPSA) is 32.3 Å². The van der Waals surface area contributed by atoms with E-state index in [1.165, 1.54) is 18.2 Å². The summed E-state index contributed by atoms with van der Waals surface area (Å²) in [6.45, 7) is 5.36. The Morgan fingerprint density at radius 2 is 2.18 bits per heavy atom. The predicted molar refractivity (Wildman–Crippen MR) is 68.9 cm³/mol. The van der Waals surface area contributed by atoms with Crippen molar-refractivity contribution < 1.29 is 9.50 Å². The third-order valence-electron chi connectivity index (χ3n) is 2.67. The fourth-order valence-electron chi connectivity index (χ4n) is 1.71. The van der Waals surface area contributed by atoms with Crippen molar-refractivity contribution in [1.82, 2.24) is 5.32 Å². The molecular weight excluding hydrogens is 241 g/mol. The fraction of sp³-hybridized carbons (Fsp3) is 0.538. The largest absolute Gasteiger partial charge is 0.390 e. The Morgan fingerprint density at radius 3 is 2.82 bits per heavy atom. The normalized spacial score (nSPS) is 14.6. The molecule has 1 aromatic rings. The van der Waals surface area contributed by atoms with Gasteiger partial charge in [0.1, 0.15) is 5.82 Å². The first-order chi connectivity index (χ1) is 7.94. The average Bonchev–Trinajstić information content (AvgIpc) is 2.23. The van der Waals surface area contributed by atoms with Crippen LogP contribution in [0.15, 0.2) is 18.2 Å². The zero-order valence-corrected chi connectivity index (χ0v) is 11.0. The van der Waals surface area contributed by atoms with Crippen LogP contribution in [0.25, 0.3) is 0 Å². The van der Waals surface area contributed by atoms with E-state index in [9.17, 15) is 9.50 Å². The van der Waals surface area contributed by atoms with E-state index in [2.05, 4.69) is 5.32 Å². The molecule has 0 heterocycles. The molecule has 2 nitrogen and oxygen atoms in total. The molecule has 0 aromatic heterocycles. The van der Waals surface area contributed by atoms with E-state index in [1.807, 2.05) is 6.92 Å². The van der Waals surface area contributed by atoms with Gasteiger partial charge in [-0.05, 0) is 50.2 Å². The molecule has 1 atom stereocenters. The molecule has 1 unspecified atom stereocenters. The lowest BCUT2D eigenvalue weighted by molar-refractivity contribution is 0.0516. The number of benzene rings is 1. The molecule has 0 amide bonds. The maximum Gasteiger partial charge on any atom is 0.123 e. The summed E-state index contributed by atoms with van der Waals surface area (Å²) in [6.07, 6.45) is 0.961. The predicted octanol–water partition coefficient (Wildman–Crippen LogP) is 2.77. The summed E-state index contributed by atoms with van der Waals surface area (Å²) in [5.74, 6) is -0.327. The lowest BCUT2D eigenvalue weighted by atomic mass is 9.93. The molecule has 96 valence electrons. The van der Waals surface area contributed by atoms with Crippen LogP contribution in [0.4, 0.5) is 4.39 Å². The fourth-order valence-corrected chi connectivity index (χ4v) is 1.90. The molecule has 0 bridgehead atoms. The Kier molecular flexibility index (Phi) is 5.37. The first-order valence-corrected chi connectivity index (χ1v) is 6.19. The first kappa shape index (κ1) is 14.4. The van der Waals surface area contributed by atoms with E-state index in [0.717, 1.165) is 13.1 Å². The SMILES string of the molecule is CCNCCC(C)(O)Cc1cc(F)ccc1Cl. The summed E-state index contributed by atoms with van der Waals surface area (Å²) in [5, 5.41) is 13.8. The molecule has 2 N–H and O–H groups in total. The van der Waals surface area contributed by atoms with Crippen molar-refractivity contribution in [3.05, 3.63) is 34.6 Å². The summed E-state index contributed by atoms with van der Waals surface area (Å²) in [6, 6.07) is 4.22. The quantitative estimate of drug-likeness (QED) is 0.770. The van der Waals surface area contributed by atoms with Crippen LogP contribution in [0, 0.1) is 5.82 Å². The van der Waals surface area contributed by atoms with E-state index in [1.54, 1.807) is 6.92 Å². The van der Waals surface area contributed by atoms with Gasteiger partial charge < -0.3 is 10.4 Å². The molecule has 17 heavy (non-hydrogen) atoms. The second-order valence-electron chi connectivity index (χ2n) is 4.51. The van der Waals surface area contributed by atoms with Gasteiger partial charge in [-0.3, -0.25) is 0 Å². The van der Waals surface area contributed by atoms with Crippen LogP contribution in [0.1, 0.15) is 25.8 Å². The minimum absolute atomic E-state index is 0.327. The Balaban J connectivity index is 2.65. The number of hydrogen-bond acceptors (Lipinski definition) is 2. The molecule has 0 radical (unpaired) electrons. The second-order valence-corrected chi connectivity index (χ2v) is 4.92. The maximum absolute atomic E-state index is 13.1. The van der Waals surface area contributed by atoms with Crippen LogP contribution in [0.2, 0.25) is 5.02 Å². The minimum atomic E-state index is -0.875. The summed E-state index contributed by atoms with van der Waals surface area (Å²) in [7, 11) is 0. The lowest BCUT2D eigenvalue weighted by Crippen LogP contribution is -2.32. The smallest absolute Gasteiger partial charge is 0.123 e. The Labute approximate surface area is 107 Å². The van der Waals surface area contributed by atoms with Crippen LogP contribution in [0.5, 0.6) is 0 Å². The zero-order chi connectivity index (χ0) is 12.9. The standard InChI is InChI=1S/C13H19ClFNO/c1-3-16-7-6-13(2,17)9-10-8-11(15)4-5-12(10)14/h4-5,8,16-17H,3,6-7,9H2,1-2H3. The highest BCUT2D eigenvalue weighted by Crippen LogP contribution is 2.23. The molecule has 0 saturated heterocycles. The van der Waals surface area contributed by atoms with Crippen LogP contribution >= 0.6 is 11.6 Å². The van der Waals surface area contributed by atoms with Crippen molar-refractivity contribution in [2.45, 2.75) is 32.3 Å². The molecule has 0 aliphatic carbocycles. The molecule has 0 aliphatic rings. The molecule has 1 rings (SSSR count). The van der Waals surface area contributed by atoms with Gasteiger partial charge >= 0.3 is 0 Å². The summed E-state index contributed by atoms with van der Waals surface area (Å²) < 4.78 is 13.1. The van der Waals surface area contributed by atoms with Gasteiger partial charge in [-0.15, -0.1) is 0 Å². The van der Waals surface area contributed by atoms with Gasteiger partial charge in [0, 0.05) is 11.4 Å². The average molecular weight is 260 g/mol. The molecular formula is C13H19ClFNO. The van der Waals surface area contributed by atoms with E-state index in [0.29, 0.717) is 23.4 Å². The molecule has 4 heteroatoms. The van der Waals surface area contributed by atoms with Gasteiger partial charge in [0.25, 0.3) is 0 Å². The van der Waals surface area contributed by atoms with E-state index >= 15 is 0 Å². The zero-order valence-electron chi connectivity index (χ0n) is 10.3. The van der Waals surface area contributed by atoms with Crippen molar-refractivity contribution in [2.24, 2.45) is 0 Å². The van der Waals surface area contributed by atoms with Crippen LogP contribution in [-0.2, 0) is 6.42 Å². The van der Waals surface area contributed by atoms with Gasteiger partial charge in [-0.1, -0.05) is 18.5 Å². The summed E-state index contributed by atoms with van der Waals surface area (Å²) >= 11 is 5.97. The minimum Gasteiger partial charge on any atom is -0.390 e. The van der Waals surface area contributed by atoms with Crippen molar-refractivity contribution in [1.29, 1.82) is 0 Å². The number of hydrogen-bond donors (Lipinski definition) is 2. The molecule has 1 aromatic carbocycles. The summed E-state index contributed by atoms with van der Waals surface area (Å²) in [5.41, 5.74) is -0.229. The monoisotopic (exact) mass is 259 g/mol. The van der Waals surface area contributed by atoms with Gasteiger partial charge in [0.05, 0.1) is 5.60 Å². The highest BCUT2D eigenvalue weighted by Gasteiger charge is 2.21. The number of halogens is 2. The van der Waals surface area contributed by atoms with Crippen LogP contribution in [-0.4, -0.2) is 23.8 Å². The second kappa shape index (κ2) is 6.34. The van der Waals surface area contributed by atoms with Crippen LogP contribution < -0.4 is 5.32 Å². The van der Waals surface area contributed by atoms with Crippen molar-refractivity contribution >= 4 is 11.6 Å². The highest BCUT2D eigenvalue weighted by molar-refractivity contribution is 6.31. The lowest BCUT2D eigenvalue weighted by Gasteiger charge is -2.24. The third kappa shape index (κ3) is 5.02. The molecule has 0 fully saturated rings. The van der Waals surface area contributed by atoms with Gasteiger partial charge in [0.15, 0.2) is 0 Å². The van der Waals surface area contributed by atoms with Crippen molar-refractivity contribution in [3.63, 3.8) is 0 Å². The van der Waals surface area contributed by atoms with Gasteiger partial charge in [-0.25, -0.2) is 4.39 Å². The van der Waals surface area contributed by atoms with E-state index in [4.69, 9.17) is 11.6 Å². The maximum atomic E-state index is 13.1. The number of rotatable bonds is 6. The number of aliphatic hydroxyl groups is 1. The molecule has 0 spiro atoms. The number of nitrogens with one attached hydrogen (secondary N) is 1. The highest BCUT2D eigenvalue weighted by atomic mass is 35.5. The Morgan fingerprint density at radius 1 is 1.47 bits per heavy atom. The Bertz CT molecular complexity index is 368. The van der Waals surface area contributed by atoms with E-state index in [-0.39, 0.29) is 5.82 Å². The van der Waals surface area contributed by atoms with Gasteiger partial charge in [0.2, 0.25) is 0 Å².